The Bertz CT molecular complexity index is 489. The lowest BCUT2D eigenvalue weighted by molar-refractivity contribution is 0.0953. The Kier molecular flexibility index (Phi) is 3.64. The van der Waals surface area contributed by atoms with Crippen LogP contribution in [0.1, 0.15) is 28.9 Å². The second-order valence-electron chi connectivity index (χ2n) is 4.22. The predicted octanol–water partition coefficient (Wildman–Crippen LogP) is 1.80. The Labute approximate surface area is 104 Å². The van der Waals surface area contributed by atoms with E-state index in [9.17, 15) is 9.59 Å². The fourth-order valence-electron chi connectivity index (χ4n) is 2.07. The van der Waals surface area contributed by atoms with Gasteiger partial charge in [0.1, 0.15) is 0 Å². The quantitative estimate of drug-likeness (QED) is 0.774. The number of aromatic nitrogens is 1. The van der Waals surface area contributed by atoms with Gasteiger partial charge in [0, 0.05) is 12.3 Å². The normalized spacial score (nSPS) is 19.5. The minimum atomic E-state index is -0.333. The van der Waals surface area contributed by atoms with E-state index in [0.717, 1.165) is 25.1 Å². The van der Waals surface area contributed by atoms with Crippen molar-refractivity contribution in [2.45, 2.75) is 32.4 Å². The summed E-state index contributed by atoms with van der Waals surface area (Å²) < 4.78 is 7.05. The molecule has 17 heavy (non-hydrogen) atoms. The van der Waals surface area contributed by atoms with Crippen LogP contribution < -0.4 is 5.56 Å². The average Bonchev–Trinajstić information content (AvgIpc) is 2.77. The van der Waals surface area contributed by atoms with Gasteiger partial charge in [-0.15, -0.1) is 0 Å². The second kappa shape index (κ2) is 5.02. The smallest absolute Gasteiger partial charge is 0.262 e. The molecular weight excluding hydrogens is 242 g/mol. The van der Waals surface area contributed by atoms with Gasteiger partial charge in [-0.1, -0.05) is 11.6 Å². The van der Waals surface area contributed by atoms with Gasteiger partial charge in [-0.25, -0.2) is 0 Å². The first kappa shape index (κ1) is 12.3. The zero-order valence-corrected chi connectivity index (χ0v) is 10.4. The number of halogens is 1. The third kappa shape index (κ3) is 2.42. The topological polar surface area (TPSA) is 48.3 Å². The molecule has 1 saturated heterocycles. The van der Waals surface area contributed by atoms with E-state index < -0.39 is 0 Å². The monoisotopic (exact) mass is 255 g/mol. The van der Waals surface area contributed by atoms with Gasteiger partial charge in [0.25, 0.3) is 5.56 Å². The van der Waals surface area contributed by atoms with E-state index in [0.29, 0.717) is 12.8 Å². The van der Waals surface area contributed by atoms with Gasteiger partial charge in [-0.3, -0.25) is 9.59 Å². The molecule has 0 spiro atoms. The molecule has 1 unspecified atom stereocenters. The van der Waals surface area contributed by atoms with Crippen LogP contribution in [0, 0.1) is 6.92 Å². The van der Waals surface area contributed by atoms with Crippen LogP contribution in [-0.2, 0) is 11.3 Å². The average molecular weight is 256 g/mol. The molecule has 0 amide bonds. The third-order valence-corrected chi connectivity index (χ3v) is 3.33. The standard InChI is InChI=1S/C12H14ClNO3/c1-8-5-11(13)10(7-15)12(16)14(8)6-9-3-2-4-17-9/h5,7,9H,2-4,6H2,1H3. The van der Waals surface area contributed by atoms with Crippen LogP contribution in [0.25, 0.3) is 0 Å². The zero-order chi connectivity index (χ0) is 12.4. The first-order valence-corrected chi connectivity index (χ1v) is 5.98. The van der Waals surface area contributed by atoms with Gasteiger partial charge >= 0.3 is 0 Å². The maximum absolute atomic E-state index is 12.0. The SMILES string of the molecule is Cc1cc(Cl)c(C=O)c(=O)n1CC1CCCO1. The van der Waals surface area contributed by atoms with Crippen LogP contribution >= 0.6 is 11.6 Å². The summed E-state index contributed by atoms with van der Waals surface area (Å²) in [7, 11) is 0. The predicted molar refractivity (Wildman–Crippen MR) is 64.8 cm³/mol. The largest absolute Gasteiger partial charge is 0.376 e. The lowest BCUT2D eigenvalue weighted by Gasteiger charge is -2.15. The molecule has 2 heterocycles. The van der Waals surface area contributed by atoms with Crippen LogP contribution in [0.4, 0.5) is 0 Å². The van der Waals surface area contributed by atoms with E-state index in [1.54, 1.807) is 17.6 Å². The zero-order valence-electron chi connectivity index (χ0n) is 9.61. The molecule has 0 aliphatic carbocycles. The number of hydrogen-bond acceptors (Lipinski definition) is 3. The molecule has 1 fully saturated rings. The van der Waals surface area contributed by atoms with Crippen molar-refractivity contribution in [3.05, 3.63) is 32.7 Å². The van der Waals surface area contributed by atoms with Crippen molar-refractivity contribution in [1.82, 2.24) is 4.57 Å². The molecule has 0 aromatic carbocycles. The van der Waals surface area contributed by atoms with Crippen molar-refractivity contribution in [2.75, 3.05) is 6.61 Å². The molecule has 1 atom stereocenters. The fraction of sp³-hybridized carbons (Fsp3) is 0.500. The molecule has 0 N–H and O–H groups in total. The van der Waals surface area contributed by atoms with Gasteiger partial charge < -0.3 is 9.30 Å². The van der Waals surface area contributed by atoms with Crippen molar-refractivity contribution in [2.24, 2.45) is 0 Å². The molecule has 0 saturated carbocycles. The fourth-order valence-corrected chi connectivity index (χ4v) is 2.36. The Morgan fingerprint density at radius 2 is 2.41 bits per heavy atom. The summed E-state index contributed by atoms with van der Waals surface area (Å²) >= 11 is 5.85. The van der Waals surface area contributed by atoms with Gasteiger partial charge in [0.2, 0.25) is 0 Å². The van der Waals surface area contributed by atoms with E-state index in [1.165, 1.54) is 0 Å². The number of ether oxygens (including phenoxy) is 1. The van der Waals surface area contributed by atoms with Crippen LogP contribution in [0.5, 0.6) is 0 Å². The van der Waals surface area contributed by atoms with Crippen LogP contribution in [0.2, 0.25) is 5.02 Å². The van der Waals surface area contributed by atoms with E-state index in [4.69, 9.17) is 16.3 Å². The van der Waals surface area contributed by atoms with Gasteiger partial charge in [0.05, 0.1) is 23.2 Å². The Morgan fingerprint density at radius 3 is 3.00 bits per heavy atom. The number of aryl methyl sites for hydroxylation is 1. The Hall–Kier alpha value is -1.13. The van der Waals surface area contributed by atoms with E-state index >= 15 is 0 Å². The third-order valence-electron chi connectivity index (χ3n) is 3.02. The molecule has 2 rings (SSSR count). The minimum Gasteiger partial charge on any atom is -0.376 e. The summed E-state index contributed by atoms with van der Waals surface area (Å²) in [6.07, 6.45) is 2.54. The van der Waals surface area contributed by atoms with E-state index in [-0.39, 0.29) is 22.2 Å². The van der Waals surface area contributed by atoms with Crippen LogP contribution in [0.3, 0.4) is 0 Å². The number of nitrogens with zero attached hydrogens (tertiary/aromatic N) is 1. The summed E-state index contributed by atoms with van der Waals surface area (Å²) in [5, 5.41) is 0.214. The first-order chi connectivity index (χ1) is 8.13. The van der Waals surface area contributed by atoms with Crippen molar-refractivity contribution >= 4 is 17.9 Å². The lowest BCUT2D eigenvalue weighted by Crippen LogP contribution is -2.30. The first-order valence-electron chi connectivity index (χ1n) is 5.60. The van der Waals surface area contributed by atoms with Crippen LogP contribution in [0.15, 0.2) is 10.9 Å². The highest BCUT2D eigenvalue weighted by molar-refractivity contribution is 6.32. The Morgan fingerprint density at radius 1 is 1.65 bits per heavy atom. The molecule has 5 heteroatoms. The molecule has 1 aliphatic heterocycles. The molecule has 92 valence electrons. The molecular formula is C12H14ClNO3. The maximum atomic E-state index is 12.0. The Balaban J connectivity index is 2.38. The van der Waals surface area contributed by atoms with Crippen molar-refractivity contribution < 1.29 is 9.53 Å². The van der Waals surface area contributed by atoms with E-state index in [1.807, 2.05) is 0 Å². The van der Waals surface area contributed by atoms with Crippen LogP contribution in [-0.4, -0.2) is 23.6 Å². The number of hydrogen-bond donors (Lipinski definition) is 0. The highest BCUT2D eigenvalue weighted by Gasteiger charge is 2.19. The van der Waals surface area contributed by atoms with Crippen molar-refractivity contribution in [1.29, 1.82) is 0 Å². The number of pyridine rings is 1. The molecule has 0 bridgehead atoms. The summed E-state index contributed by atoms with van der Waals surface area (Å²) in [4.78, 5) is 22.8. The molecule has 4 nitrogen and oxygen atoms in total. The van der Waals surface area contributed by atoms with Gasteiger partial charge in [0.15, 0.2) is 6.29 Å². The number of aldehydes is 1. The highest BCUT2D eigenvalue weighted by Crippen LogP contribution is 2.16. The lowest BCUT2D eigenvalue weighted by atomic mass is 10.2. The van der Waals surface area contributed by atoms with Crippen molar-refractivity contribution in [3.63, 3.8) is 0 Å². The summed E-state index contributed by atoms with van der Waals surface area (Å²) in [5.41, 5.74) is 0.442. The number of rotatable bonds is 3. The summed E-state index contributed by atoms with van der Waals surface area (Å²) in [6, 6.07) is 1.64. The number of carbonyl (C=O) groups excluding carboxylic acids is 1. The van der Waals surface area contributed by atoms with E-state index in [2.05, 4.69) is 0 Å². The molecule has 0 radical (unpaired) electrons. The number of carbonyl (C=O) groups is 1. The van der Waals surface area contributed by atoms with Gasteiger partial charge in [-0.05, 0) is 25.8 Å². The minimum absolute atomic E-state index is 0.0234. The highest BCUT2D eigenvalue weighted by atomic mass is 35.5. The molecule has 1 aromatic rings. The summed E-state index contributed by atoms with van der Waals surface area (Å²) in [6.45, 7) is 3.03. The second-order valence-corrected chi connectivity index (χ2v) is 4.62. The maximum Gasteiger partial charge on any atom is 0.262 e. The van der Waals surface area contributed by atoms with Gasteiger partial charge in [-0.2, -0.15) is 0 Å². The van der Waals surface area contributed by atoms with Crippen molar-refractivity contribution in [3.8, 4) is 0 Å². The molecule has 1 aromatic heterocycles. The molecule has 1 aliphatic rings. The summed E-state index contributed by atoms with van der Waals surface area (Å²) in [5.74, 6) is 0.